The molecule has 0 saturated carbocycles. The number of nitrogens with one attached hydrogen (secondary N) is 4. The number of carbonyl (C=O) groups excluding carboxylic acids is 3. The van der Waals surface area contributed by atoms with Gasteiger partial charge in [-0.2, -0.15) is 0 Å². The van der Waals surface area contributed by atoms with E-state index in [0.29, 0.717) is 11.1 Å². The fourth-order valence-corrected chi connectivity index (χ4v) is 4.76. The zero-order valence-corrected chi connectivity index (χ0v) is 23.8. The van der Waals surface area contributed by atoms with Crippen LogP contribution in [0.4, 0.5) is 0 Å². The number of aromatic amines is 1. The summed E-state index contributed by atoms with van der Waals surface area (Å²) in [5.74, 6) is -3.45. The van der Waals surface area contributed by atoms with Crippen LogP contribution in [0.3, 0.4) is 0 Å². The average molecular weight is 602 g/mol. The number of rotatable bonds is 14. The van der Waals surface area contributed by atoms with E-state index in [1.54, 1.807) is 48.7 Å². The summed E-state index contributed by atoms with van der Waals surface area (Å²) in [7, 11) is 0. The van der Waals surface area contributed by atoms with Gasteiger partial charge in [-0.15, -0.1) is 0 Å². The summed E-state index contributed by atoms with van der Waals surface area (Å²) >= 11 is 0. The molecule has 44 heavy (non-hydrogen) atoms. The maximum Gasteiger partial charge on any atom is 0.326 e. The van der Waals surface area contributed by atoms with E-state index in [1.165, 1.54) is 12.1 Å². The van der Waals surface area contributed by atoms with E-state index in [-0.39, 0.29) is 25.0 Å². The maximum atomic E-state index is 13.7. The standard InChI is InChI=1S/C32H35N5O7/c33-24(18-38)29(40)35-26(14-19-6-2-1-3-7-19)30(41)36-27(16-21-17-34-25-9-5-4-8-23(21)25)31(42)37-28(32(43)44)15-20-10-12-22(39)13-11-20/h1-13,17,24,26-28,34,38-39H,14-16,18,33H2,(H,35,40)(H,36,41)(H,37,42)(H,43,44). The summed E-state index contributed by atoms with van der Waals surface area (Å²) in [5.41, 5.74) is 8.49. The molecule has 0 aliphatic rings. The monoisotopic (exact) mass is 601 g/mol. The van der Waals surface area contributed by atoms with Crippen LogP contribution in [0.2, 0.25) is 0 Å². The second-order valence-electron chi connectivity index (χ2n) is 10.4. The Morgan fingerprint density at radius 3 is 1.91 bits per heavy atom. The van der Waals surface area contributed by atoms with Crippen LogP contribution in [0.25, 0.3) is 10.9 Å². The van der Waals surface area contributed by atoms with E-state index in [2.05, 4.69) is 20.9 Å². The molecule has 3 amide bonds. The van der Waals surface area contributed by atoms with Gasteiger partial charge in [-0.25, -0.2) is 4.79 Å². The molecule has 0 aliphatic heterocycles. The van der Waals surface area contributed by atoms with E-state index in [1.807, 2.05) is 24.3 Å². The number of carboxylic acid groups (broad SMARTS) is 1. The van der Waals surface area contributed by atoms with Gasteiger partial charge in [0, 0.05) is 36.4 Å². The number of nitrogens with two attached hydrogens (primary N) is 1. The van der Waals surface area contributed by atoms with E-state index < -0.39 is 54.5 Å². The van der Waals surface area contributed by atoms with Crippen LogP contribution < -0.4 is 21.7 Å². The lowest BCUT2D eigenvalue weighted by atomic mass is 10.0. The van der Waals surface area contributed by atoms with Gasteiger partial charge in [0.2, 0.25) is 17.7 Å². The van der Waals surface area contributed by atoms with E-state index >= 15 is 0 Å². The molecule has 1 heterocycles. The van der Waals surface area contributed by atoms with Gasteiger partial charge in [0.15, 0.2) is 0 Å². The molecule has 0 fully saturated rings. The van der Waals surface area contributed by atoms with Gasteiger partial charge >= 0.3 is 5.97 Å². The molecular weight excluding hydrogens is 566 g/mol. The van der Waals surface area contributed by atoms with Gasteiger partial charge in [-0.1, -0.05) is 60.7 Å². The van der Waals surface area contributed by atoms with Gasteiger partial charge in [0.25, 0.3) is 0 Å². The van der Waals surface area contributed by atoms with E-state index in [9.17, 15) is 34.5 Å². The first-order valence-corrected chi connectivity index (χ1v) is 14.0. The number of aliphatic hydroxyl groups is 1. The van der Waals surface area contributed by atoms with Crippen LogP contribution >= 0.6 is 0 Å². The van der Waals surface area contributed by atoms with Crippen LogP contribution in [-0.4, -0.2) is 74.8 Å². The Bertz CT molecular complexity index is 1590. The molecule has 12 nitrogen and oxygen atoms in total. The zero-order chi connectivity index (χ0) is 31.6. The number of H-pyrrole nitrogens is 1. The fourth-order valence-electron chi connectivity index (χ4n) is 4.76. The van der Waals surface area contributed by atoms with Crippen molar-refractivity contribution in [2.75, 3.05) is 6.61 Å². The molecule has 1 aromatic heterocycles. The van der Waals surface area contributed by atoms with Gasteiger partial charge in [-0.05, 0) is 34.9 Å². The van der Waals surface area contributed by atoms with Gasteiger partial charge < -0.3 is 42.0 Å². The minimum Gasteiger partial charge on any atom is -0.508 e. The topological polar surface area (TPSA) is 207 Å². The second-order valence-corrected chi connectivity index (χ2v) is 10.4. The van der Waals surface area contributed by atoms with Crippen LogP contribution in [0.15, 0.2) is 85.1 Å². The number of carbonyl (C=O) groups is 4. The first-order valence-electron chi connectivity index (χ1n) is 14.0. The number of phenols is 1. The van der Waals surface area contributed by atoms with Crippen LogP contribution in [0.5, 0.6) is 5.75 Å². The minimum absolute atomic E-state index is 0.00922. The predicted octanol–water partition coefficient (Wildman–Crippen LogP) is 0.760. The number of carboxylic acids is 1. The van der Waals surface area contributed by atoms with Gasteiger partial charge in [-0.3, -0.25) is 14.4 Å². The highest BCUT2D eigenvalue weighted by Crippen LogP contribution is 2.20. The number of phenolic OH excluding ortho intramolecular Hbond substituents is 1. The number of aromatic nitrogens is 1. The molecule has 230 valence electrons. The molecule has 4 unspecified atom stereocenters. The largest absolute Gasteiger partial charge is 0.508 e. The molecule has 9 N–H and O–H groups in total. The summed E-state index contributed by atoms with van der Waals surface area (Å²) in [6.45, 7) is -0.630. The zero-order valence-electron chi connectivity index (χ0n) is 23.8. The number of hydrogen-bond donors (Lipinski definition) is 8. The molecule has 4 atom stereocenters. The molecule has 4 rings (SSSR count). The first-order chi connectivity index (χ1) is 21.1. The number of amides is 3. The van der Waals surface area contributed by atoms with E-state index in [4.69, 9.17) is 5.73 Å². The Balaban J connectivity index is 1.60. The number of hydrogen-bond acceptors (Lipinski definition) is 7. The number of aromatic hydroxyl groups is 1. The summed E-state index contributed by atoms with van der Waals surface area (Å²) in [6.07, 6.45) is 1.72. The quantitative estimate of drug-likeness (QED) is 0.103. The normalized spacial score (nSPS) is 13.8. The predicted molar refractivity (Wildman–Crippen MR) is 162 cm³/mol. The van der Waals surface area contributed by atoms with Crippen molar-refractivity contribution >= 4 is 34.6 Å². The van der Waals surface area contributed by atoms with Crippen LogP contribution in [0, 0.1) is 0 Å². The maximum absolute atomic E-state index is 13.7. The summed E-state index contributed by atoms with van der Waals surface area (Å²) in [6, 6.07) is 17.3. The highest BCUT2D eigenvalue weighted by molar-refractivity contribution is 5.95. The average Bonchev–Trinajstić information content (AvgIpc) is 3.43. The van der Waals surface area contributed by atoms with Crippen molar-refractivity contribution in [3.63, 3.8) is 0 Å². The second kappa shape index (κ2) is 14.8. The summed E-state index contributed by atoms with van der Waals surface area (Å²) in [4.78, 5) is 55.2. The SMILES string of the molecule is NC(CO)C(=O)NC(Cc1ccccc1)C(=O)NC(Cc1c[nH]c2ccccc12)C(=O)NC(Cc1ccc(O)cc1)C(=O)O. The van der Waals surface area contributed by atoms with Crippen molar-refractivity contribution < 1.29 is 34.5 Å². The molecule has 4 aromatic rings. The summed E-state index contributed by atoms with van der Waals surface area (Å²) in [5, 5.41) is 37.4. The Morgan fingerprint density at radius 1 is 0.705 bits per heavy atom. The highest BCUT2D eigenvalue weighted by atomic mass is 16.4. The lowest BCUT2D eigenvalue weighted by Crippen LogP contribution is -2.58. The van der Waals surface area contributed by atoms with Gasteiger partial charge in [0.05, 0.1) is 6.61 Å². The Labute approximate surface area is 253 Å². The van der Waals surface area contributed by atoms with Crippen molar-refractivity contribution in [1.82, 2.24) is 20.9 Å². The molecule has 0 aliphatic carbocycles. The van der Waals surface area contributed by atoms with Crippen molar-refractivity contribution in [1.29, 1.82) is 0 Å². The highest BCUT2D eigenvalue weighted by Gasteiger charge is 2.31. The van der Waals surface area contributed by atoms with Crippen LogP contribution in [0.1, 0.15) is 16.7 Å². The Hall–Kier alpha value is -5.20. The third kappa shape index (κ3) is 8.43. The molecule has 0 radical (unpaired) electrons. The molecular formula is C32H35N5O7. The van der Waals surface area contributed by atoms with Crippen molar-refractivity contribution in [3.05, 3.63) is 102 Å². The molecule has 0 saturated heterocycles. The van der Waals surface area contributed by atoms with Crippen molar-refractivity contribution in [2.45, 2.75) is 43.4 Å². The van der Waals surface area contributed by atoms with Crippen molar-refractivity contribution in [2.24, 2.45) is 5.73 Å². The minimum atomic E-state index is -1.34. The Kier molecular flexibility index (Phi) is 10.7. The molecule has 0 bridgehead atoms. The first kappa shape index (κ1) is 31.7. The molecule has 3 aromatic carbocycles. The third-order valence-corrected chi connectivity index (χ3v) is 7.17. The number of benzene rings is 3. The van der Waals surface area contributed by atoms with E-state index in [0.717, 1.165) is 16.5 Å². The number of fused-ring (bicyclic) bond motifs is 1. The summed E-state index contributed by atoms with van der Waals surface area (Å²) < 4.78 is 0. The molecule has 0 spiro atoms. The lowest BCUT2D eigenvalue weighted by Gasteiger charge is -2.25. The fraction of sp³-hybridized carbons (Fsp3) is 0.250. The smallest absolute Gasteiger partial charge is 0.326 e. The third-order valence-electron chi connectivity index (χ3n) is 7.17. The van der Waals surface area contributed by atoms with Crippen LogP contribution in [-0.2, 0) is 38.4 Å². The molecule has 12 heteroatoms. The number of aliphatic hydroxyl groups excluding tert-OH is 1. The van der Waals surface area contributed by atoms with Gasteiger partial charge in [0.1, 0.15) is 29.9 Å². The number of para-hydroxylation sites is 1. The number of aliphatic carboxylic acids is 1. The lowest BCUT2D eigenvalue weighted by molar-refractivity contribution is -0.142. The van der Waals surface area contributed by atoms with Crippen molar-refractivity contribution in [3.8, 4) is 5.75 Å². The Morgan fingerprint density at radius 2 is 1.25 bits per heavy atom.